The second kappa shape index (κ2) is 7.50. The molecular weight excluding hydrogens is 366 g/mol. The number of hydrogen-bond donors (Lipinski definition) is 1. The Balaban J connectivity index is 1.45. The second-order valence-electron chi connectivity index (χ2n) is 7.00. The molecule has 1 saturated heterocycles. The van der Waals surface area contributed by atoms with E-state index in [-0.39, 0.29) is 17.4 Å². The van der Waals surface area contributed by atoms with E-state index < -0.39 is 10.0 Å². The fourth-order valence-electron chi connectivity index (χ4n) is 3.63. The summed E-state index contributed by atoms with van der Waals surface area (Å²) in [5.74, 6) is 1.37. The van der Waals surface area contributed by atoms with Crippen molar-refractivity contribution in [3.8, 4) is 11.5 Å². The normalized spacial score (nSPS) is 20.0. The van der Waals surface area contributed by atoms with E-state index >= 15 is 0 Å². The van der Waals surface area contributed by atoms with Crippen LogP contribution in [0.1, 0.15) is 17.5 Å². The lowest BCUT2D eigenvalue weighted by Crippen LogP contribution is -2.29. The molecular formula is C20H23NO5S. The SMILES string of the molecule is O=S(=O)(c1ccc2c(c1)OCCO2)N1CCC(Cc2ccc(CO)cc2)C1. The van der Waals surface area contributed by atoms with Crippen LogP contribution in [-0.2, 0) is 23.1 Å². The zero-order chi connectivity index (χ0) is 18.9. The van der Waals surface area contributed by atoms with E-state index in [0.717, 1.165) is 24.0 Å². The Kier molecular flexibility index (Phi) is 5.08. The number of benzene rings is 2. The summed E-state index contributed by atoms with van der Waals surface area (Å²) in [6, 6.07) is 12.6. The van der Waals surface area contributed by atoms with Gasteiger partial charge in [0.1, 0.15) is 13.2 Å². The van der Waals surface area contributed by atoms with Crippen LogP contribution in [0.3, 0.4) is 0 Å². The Morgan fingerprint density at radius 3 is 2.44 bits per heavy atom. The molecule has 0 radical (unpaired) electrons. The molecule has 144 valence electrons. The Labute approximate surface area is 159 Å². The van der Waals surface area contributed by atoms with Gasteiger partial charge in [-0.05, 0) is 42.0 Å². The standard InChI is InChI=1S/C20H23NO5S/c22-14-16-3-1-15(2-4-16)11-17-7-8-21(13-17)27(23,24)18-5-6-19-20(12-18)26-10-9-25-19/h1-6,12,17,22H,7-11,13-14H2. The Hall–Kier alpha value is -2.09. The molecule has 1 fully saturated rings. The summed E-state index contributed by atoms with van der Waals surface area (Å²) in [5.41, 5.74) is 2.05. The van der Waals surface area contributed by atoms with Crippen molar-refractivity contribution in [2.75, 3.05) is 26.3 Å². The smallest absolute Gasteiger partial charge is 0.243 e. The average Bonchev–Trinajstić information content (AvgIpc) is 3.17. The zero-order valence-electron chi connectivity index (χ0n) is 15.0. The topological polar surface area (TPSA) is 76.1 Å². The van der Waals surface area contributed by atoms with Crippen LogP contribution in [0.2, 0.25) is 0 Å². The number of aliphatic hydroxyl groups is 1. The van der Waals surface area contributed by atoms with Gasteiger partial charge in [0.15, 0.2) is 11.5 Å². The summed E-state index contributed by atoms with van der Waals surface area (Å²) >= 11 is 0. The van der Waals surface area contributed by atoms with Crippen LogP contribution in [0.5, 0.6) is 11.5 Å². The molecule has 2 aliphatic rings. The number of fused-ring (bicyclic) bond motifs is 1. The minimum atomic E-state index is -3.54. The van der Waals surface area contributed by atoms with Gasteiger partial charge in [-0.15, -0.1) is 0 Å². The van der Waals surface area contributed by atoms with Crippen LogP contribution in [0.15, 0.2) is 47.4 Å². The molecule has 0 aromatic heterocycles. The molecule has 6 nitrogen and oxygen atoms in total. The van der Waals surface area contributed by atoms with E-state index in [1.54, 1.807) is 22.5 Å². The van der Waals surface area contributed by atoms with Crippen molar-refractivity contribution in [3.63, 3.8) is 0 Å². The summed E-state index contributed by atoms with van der Waals surface area (Å²) < 4.78 is 38.6. The van der Waals surface area contributed by atoms with E-state index in [1.165, 1.54) is 0 Å². The largest absolute Gasteiger partial charge is 0.486 e. The van der Waals surface area contributed by atoms with Crippen LogP contribution in [0.25, 0.3) is 0 Å². The third-order valence-corrected chi connectivity index (χ3v) is 6.99. The molecule has 7 heteroatoms. The summed E-state index contributed by atoms with van der Waals surface area (Å²) in [6.07, 6.45) is 1.67. The highest BCUT2D eigenvalue weighted by molar-refractivity contribution is 7.89. The van der Waals surface area contributed by atoms with E-state index in [1.807, 2.05) is 24.3 Å². The molecule has 0 aliphatic carbocycles. The van der Waals surface area contributed by atoms with E-state index in [2.05, 4.69) is 0 Å². The average molecular weight is 389 g/mol. The highest BCUT2D eigenvalue weighted by Gasteiger charge is 2.33. The lowest BCUT2D eigenvalue weighted by atomic mass is 9.98. The molecule has 0 bridgehead atoms. The lowest BCUT2D eigenvalue weighted by Gasteiger charge is -2.21. The van der Waals surface area contributed by atoms with Gasteiger partial charge < -0.3 is 14.6 Å². The van der Waals surface area contributed by atoms with Crippen molar-refractivity contribution in [2.45, 2.75) is 24.3 Å². The van der Waals surface area contributed by atoms with Gasteiger partial charge in [-0.25, -0.2) is 8.42 Å². The minimum Gasteiger partial charge on any atom is -0.486 e. The first kappa shape index (κ1) is 18.3. The molecule has 0 saturated carbocycles. The van der Waals surface area contributed by atoms with Crippen LogP contribution < -0.4 is 9.47 Å². The molecule has 1 atom stereocenters. The maximum Gasteiger partial charge on any atom is 0.243 e. The van der Waals surface area contributed by atoms with Crippen LogP contribution in [0, 0.1) is 5.92 Å². The van der Waals surface area contributed by atoms with Crippen molar-refractivity contribution >= 4 is 10.0 Å². The monoisotopic (exact) mass is 389 g/mol. The summed E-state index contributed by atoms with van der Waals surface area (Å²) in [7, 11) is -3.54. The van der Waals surface area contributed by atoms with Crippen LogP contribution in [0.4, 0.5) is 0 Å². The van der Waals surface area contributed by atoms with Crippen molar-refractivity contribution in [1.82, 2.24) is 4.31 Å². The summed E-state index contributed by atoms with van der Waals surface area (Å²) in [5, 5.41) is 9.13. The third kappa shape index (κ3) is 3.81. The predicted octanol–water partition coefficient (Wildman–Crippen LogP) is 2.20. The summed E-state index contributed by atoms with van der Waals surface area (Å²) in [6.45, 7) is 1.98. The number of hydrogen-bond acceptors (Lipinski definition) is 5. The molecule has 0 amide bonds. The number of nitrogens with zero attached hydrogens (tertiary/aromatic N) is 1. The van der Waals surface area contributed by atoms with Gasteiger partial charge in [0.05, 0.1) is 11.5 Å². The molecule has 2 aromatic carbocycles. The Morgan fingerprint density at radius 1 is 1.00 bits per heavy atom. The van der Waals surface area contributed by atoms with Crippen LogP contribution in [-0.4, -0.2) is 44.1 Å². The zero-order valence-corrected chi connectivity index (χ0v) is 15.8. The Morgan fingerprint density at radius 2 is 1.70 bits per heavy atom. The van der Waals surface area contributed by atoms with Crippen molar-refractivity contribution < 1.29 is 23.0 Å². The van der Waals surface area contributed by atoms with Gasteiger partial charge >= 0.3 is 0 Å². The maximum atomic E-state index is 13.0. The first-order chi connectivity index (χ1) is 13.1. The van der Waals surface area contributed by atoms with E-state index in [0.29, 0.717) is 37.8 Å². The molecule has 1 N–H and O–H groups in total. The van der Waals surface area contributed by atoms with Crippen molar-refractivity contribution in [3.05, 3.63) is 53.6 Å². The number of rotatable bonds is 5. The molecule has 2 aromatic rings. The van der Waals surface area contributed by atoms with Gasteiger partial charge in [-0.2, -0.15) is 4.31 Å². The summed E-state index contributed by atoms with van der Waals surface area (Å²) in [4.78, 5) is 0.250. The second-order valence-corrected chi connectivity index (χ2v) is 8.94. The molecule has 27 heavy (non-hydrogen) atoms. The predicted molar refractivity (Wildman–Crippen MR) is 100 cm³/mol. The van der Waals surface area contributed by atoms with E-state index in [4.69, 9.17) is 14.6 Å². The van der Waals surface area contributed by atoms with Gasteiger partial charge in [0.25, 0.3) is 0 Å². The quantitative estimate of drug-likeness (QED) is 0.849. The minimum absolute atomic E-state index is 0.0330. The number of ether oxygens (including phenoxy) is 2. The molecule has 2 heterocycles. The first-order valence-electron chi connectivity index (χ1n) is 9.15. The number of sulfonamides is 1. The van der Waals surface area contributed by atoms with Crippen LogP contribution >= 0.6 is 0 Å². The van der Waals surface area contributed by atoms with Crippen molar-refractivity contribution in [1.29, 1.82) is 0 Å². The maximum absolute atomic E-state index is 13.0. The molecule has 4 rings (SSSR count). The lowest BCUT2D eigenvalue weighted by molar-refractivity contribution is 0.171. The molecule has 2 aliphatic heterocycles. The van der Waals surface area contributed by atoms with E-state index in [9.17, 15) is 8.42 Å². The molecule has 1 unspecified atom stereocenters. The third-order valence-electron chi connectivity index (χ3n) is 5.13. The first-order valence-corrected chi connectivity index (χ1v) is 10.6. The Bertz CT molecular complexity index is 910. The highest BCUT2D eigenvalue weighted by Crippen LogP contribution is 2.34. The molecule has 0 spiro atoms. The van der Waals surface area contributed by atoms with Gasteiger partial charge in [0, 0.05) is 19.2 Å². The van der Waals surface area contributed by atoms with Gasteiger partial charge in [-0.1, -0.05) is 24.3 Å². The highest BCUT2D eigenvalue weighted by atomic mass is 32.2. The van der Waals surface area contributed by atoms with Crippen molar-refractivity contribution in [2.24, 2.45) is 5.92 Å². The fourth-order valence-corrected chi connectivity index (χ4v) is 5.18. The van der Waals surface area contributed by atoms with Gasteiger partial charge in [0.2, 0.25) is 10.0 Å². The fraction of sp³-hybridized carbons (Fsp3) is 0.400. The van der Waals surface area contributed by atoms with Gasteiger partial charge in [-0.3, -0.25) is 0 Å². The number of aliphatic hydroxyl groups excluding tert-OH is 1.